The summed E-state index contributed by atoms with van der Waals surface area (Å²) in [6.07, 6.45) is 0. The predicted octanol–water partition coefficient (Wildman–Crippen LogP) is 1.40. The highest BCUT2D eigenvalue weighted by Crippen LogP contribution is 2.29. The Morgan fingerprint density at radius 2 is 2.00 bits per heavy atom. The second-order valence-electron chi connectivity index (χ2n) is 4.60. The van der Waals surface area contributed by atoms with Crippen LogP contribution >= 0.6 is 0 Å². The van der Waals surface area contributed by atoms with Crippen molar-refractivity contribution in [1.29, 1.82) is 0 Å². The summed E-state index contributed by atoms with van der Waals surface area (Å²) in [7, 11) is 0. The maximum atomic E-state index is 6.23. The van der Waals surface area contributed by atoms with Crippen molar-refractivity contribution in [1.82, 2.24) is 5.32 Å². The van der Waals surface area contributed by atoms with Gasteiger partial charge in [0.1, 0.15) is 0 Å². The first-order valence-electron chi connectivity index (χ1n) is 5.16. The molecule has 1 heterocycles. The van der Waals surface area contributed by atoms with Gasteiger partial charge >= 0.3 is 0 Å². The van der Waals surface area contributed by atoms with Crippen molar-refractivity contribution in [2.24, 2.45) is 5.73 Å². The van der Waals surface area contributed by atoms with E-state index in [9.17, 15) is 0 Å². The normalized spacial score (nSPS) is 32.1. The number of benzene rings is 1. The van der Waals surface area contributed by atoms with Gasteiger partial charge in [-0.1, -0.05) is 29.8 Å². The van der Waals surface area contributed by atoms with E-state index < -0.39 is 0 Å². The molecular formula is C12H18N2. The topological polar surface area (TPSA) is 38.0 Å². The largest absolute Gasteiger partial charge is 0.324 e. The molecular weight excluding hydrogens is 172 g/mol. The van der Waals surface area contributed by atoms with Crippen LogP contribution in [0.1, 0.15) is 24.0 Å². The third-order valence-corrected chi connectivity index (χ3v) is 3.13. The first kappa shape index (κ1) is 9.69. The molecule has 76 valence electrons. The van der Waals surface area contributed by atoms with Gasteiger partial charge in [0, 0.05) is 24.5 Å². The molecule has 2 atom stereocenters. The van der Waals surface area contributed by atoms with E-state index in [1.807, 2.05) is 0 Å². The van der Waals surface area contributed by atoms with Crippen LogP contribution in [0.4, 0.5) is 0 Å². The highest BCUT2D eigenvalue weighted by atomic mass is 15.0. The number of hydrogen-bond acceptors (Lipinski definition) is 2. The third kappa shape index (κ3) is 1.68. The van der Waals surface area contributed by atoms with Gasteiger partial charge in [-0.05, 0) is 19.4 Å². The average Bonchev–Trinajstić information content (AvgIpc) is 2.47. The second kappa shape index (κ2) is 3.37. The van der Waals surface area contributed by atoms with E-state index >= 15 is 0 Å². The van der Waals surface area contributed by atoms with E-state index in [1.54, 1.807) is 0 Å². The molecule has 2 nitrogen and oxygen atoms in total. The van der Waals surface area contributed by atoms with E-state index in [1.165, 1.54) is 11.1 Å². The standard InChI is InChI=1S/C12H18N2/c1-9-3-5-10(6-4-9)11-7-14-8-12(11,2)13/h3-6,11,14H,7-8,13H2,1-2H3. The molecule has 2 rings (SSSR count). The summed E-state index contributed by atoms with van der Waals surface area (Å²) in [6, 6.07) is 8.70. The van der Waals surface area contributed by atoms with Crippen molar-refractivity contribution in [3.05, 3.63) is 35.4 Å². The van der Waals surface area contributed by atoms with E-state index in [-0.39, 0.29) is 5.54 Å². The third-order valence-electron chi connectivity index (χ3n) is 3.13. The molecule has 2 unspecified atom stereocenters. The van der Waals surface area contributed by atoms with Gasteiger partial charge < -0.3 is 11.1 Å². The van der Waals surface area contributed by atoms with Crippen LogP contribution in [0.5, 0.6) is 0 Å². The Kier molecular flexibility index (Phi) is 2.33. The van der Waals surface area contributed by atoms with Gasteiger partial charge in [0.15, 0.2) is 0 Å². The minimum atomic E-state index is -0.102. The van der Waals surface area contributed by atoms with E-state index in [0.717, 1.165) is 13.1 Å². The SMILES string of the molecule is Cc1ccc(C2CNCC2(C)N)cc1. The summed E-state index contributed by atoms with van der Waals surface area (Å²) >= 11 is 0. The molecule has 1 aromatic rings. The van der Waals surface area contributed by atoms with Crippen molar-refractivity contribution in [2.45, 2.75) is 25.3 Å². The lowest BCUT2D eigenvalue weighted by Crippen LogP contribution is -2.42. The minimum Gasteiger partial charge on any atom is -0.324 e. The van der Waals surface area contributed by atoms with Gasteiger partial charge in [-0.25, -0.2) is 0 Å². The molecule has 0 amide bonds. The Morgan fingerprint density at radius 3 is 2.50 bits per heavy atom. The Balaban J connectivity index is 2.27. The smallest absolute Gasteiger partial charge is 0.0333 e. The number of nitrogens with one attached hydrogen (secondary N) is 1. The lowest BCUT2D eigenvalue weighted by atomic mass is 9.84. The van der Waals surface area contributed by atoms with Crippen molar-refractivity contribution in [3.63, 3.8) is 0 Å². The number of hydrogen-bond donors (Lipinski definition) is 2. The van der Waals surface area contributed by atoms with Crippen LogP contribution in [-0.4, -0.2) is 18.6 Å². The molecule has 3 N–H and O–H groups in total. The molecule has 0 saturated carbocycles. The number of rotatable bonds is 1. The maximum absolute atomic E-state index is 6.23. The first-order valence-corrected chi connectivity index (χ1v) is 5.16. The van der Waals surface area contributed by atoms with Crippen molar-refractivity contribution < 1.29 is 0 Å². The first-order chi connectivity index (χ1) is 6.59. The molecule has 14 heavy (non-hydrogen) atoms. The molecule has 1 fully saturated rings. The van der Waals surface area contributed by atoms with Crippen LogP contribution in [0.2, 0.25) is 0 Å². The van der Waals surface area contributed by atoms with Gasteiger partial charge in [-0.2, -0.15) is 0 Å². The molecule has 1 saturated heterocycles. The summed E-state index contributed by atoms with van der Waals surface area (Å²) in [6.45, 7) is 6.14. The molecule has 2 heteroatoms. The predicted molar refractivity (Wildman–Crippen MR) is 59.4 cm³/mol. The van der Waals surface area contributed by atoms with E-state index in [2.05, 4.69) is 43.4 Å². The quantitative estimate of drug-likeness (QED) is 0.702. The van der Waals surface area contributed by atoms with Gasteiger partial charge in [0.2, 0.25) is 0 Å². The Hall–Kier alpha value is -0.860. The summed E-state index contributed by atoms with van der Waals surface area (Å²) < 4.78 is 0. The number of nitrogens with two attached hydrogens (primary N) is 1. The molecule has 1 aliphatic heterocycles. The van der Waals surface area contributed by atoms with Crippen LogP contribution in [0.25, 0.3) is 0 Å². The Bertz CT molecular complexity index is 314. The van der Waals surface area contributed by atoms with Crippen LogP contribution in [0, 0.1) is 6.92 Å². The molecule has 0 aliphatic carbocycles. The van der Waals surface area contributed by atoms with E-state index in [0.29, 0.717) is 5.92 Å². The number of aryl methyl sites for hydroxylation is 1. The van der Waals surface area contributed by atoms with Gasteiger partial charge in [-0.15, -0.1) is 0 Å². The lowest BCUT2D eigenvalue weighted by molar-refractivity contribution is 0.462. The fraction of sp³-hybridized carbons (Fsp3) is 0.500. The average molecular weight is 190 g/mol. The van der Waals surface area contributed by atoms with Gasteiger partial charge in [0.25, 0.3) is 0 Å². The Labute approximate surface area is 85.5 Å². The lowest BCUT2D eigenvalue weighted by Gasteiger charge is -2.26. The monoisotopic (exact) mass is 190 g/mol. The van der Waals surface area contributed by atoms with Crippen LogP contribution in [-0.2, 0) is 0 Å². The van der Waals surface area contributed by atoms with E-state index in [4.69, 9.17) is 5.73 Å². The molecule has 0 aromatic heterocycles. The van der Waals surface area contributed by atoms with Crippen molar-refractivity contribution in [2.75, 3.05) is 13.1 Å². The summed E-state index contributed by atoms with van der Waals surface area (Å²) in [5.74, 6) is 0.447. The van der Waals surface area contributed by atoms with Crippen molar-refractivity contribution >= 4 is 0 Å². The second-order valence-corrected chi connectivity index (χ2v) is 4.60. The summed E-state index contributed by atoms with van der Waals surface area (Å²) in [5.41, 5.74) is 8.78. The van der Waals surface area contributed by atoms with Crippen LogP contribution < -0.4 is 11.1 Å². The van der Waals surface area contributed by atoms with Gasteiger partial charge in [-0.3, -0.25) is 0 Å². The fourth-order valence-corrected chi connectivity index (χ4v) is 2.14. The van der Waals surface area contributed by atoms with Crippen molar-refractivity contribution in [3.8, 4) is 0 Å². The minimum absolute atomic E-state index is 0.102. The molecule has 0 bridgehead atoms. The highest BCUT2D eigenvalue weighted by Gasteiger charge is 2.35. The maximum Gasteiger partial charge on any atom is 0.0333 e. The zero-order valence-corrected chi connectivity index (χ0v) is 8.88. The fourth-order valence-electron chi connectivity index (χ4n) is 2.14. The Morgan fingerprint density at radius 1 is 1.36 bits per heavy atom. The molecule has 1 aliphatic rings. The highest BCUT2D eigenvalue weighted by molar-refractivity contribution is 5.29. The van der Waals surface area contributed by atoms with Crippen LogP contribution in [0.15, 0.2) is 24.3 Å². The summed E-state index contributed by atoms with van der Waals surface area (Å²) in [5, 5.41) is 3.35. The molecule has 0 spiro atoms. The molecule has 1 aromatic carbocycles. The zero-order chi connectivity index (χ0) is 10.2. The molecule has 0 radical (unpaired) electrons. The zero-order valence-electron chi connectivity index (χ0n) is 8.88. The van der Waals surface area contributed by atoms with Crippen LogP contribution in [0.3, 0.4) is 0 Å². The van der Waals surface area contributed by atoms with Gasteiger partial charge in [0.05, 0.1) is 0 Å². The summed E-state index contributed by atoms with van der Waals surface area (Å²) in [4.78, 5) is 0.